The van der Waals surface area contributed by atoms with E-state index in [0.717, 1.165) is 0 Å². The van der Waals surface area contributed by atoms with Gasteiger partial charge in [-0.05, 0) is 62.1 Å². The number of fused-ring (bicyclic) bond motifs is 2. The van der Waals surface area contributed by atoms with Gasteiger partial charge in [0.25, 0.3) is 0 Å². The van der Waals surface area contributed by atoms with Gasteiger partial charge in [0, 0.05) is 0 Å². The number of allylic oxidation sites excluding steroid dienone is 4. The molecule has 0 amide bonds. The van der Waals surface area contributed by atoms with Gasteiger partial charge in [0.1, 0.15) is 0 Å². The van der Waals surface area contributed by atoms with Crippen LogP contribution in [0.5, 0.6) is 0 Å². The Hall–Kier alpha value is -2.44. The first kappa shape index (κ1) is 40.0. The van der Waals surface area contributed by atoms with E-state index in [0.29, 0.717) is 5.92 Å². The second-order valence-corrected chi connectivity index (χ2v) is 16.2. The van der Waals surface area contributed by atoms with Crippen LogP contribution in [0.3, 0.4) is 0 Å². The Labute approximate surface area is 320 Å². The Morgan fingerprint density at radius 2 is 1.19 bits per heavy atom. The minimum absolute atomic E-state index is 0. The number of hydrogen-bond acceptors (Lipinski definition) is 0. The molecule has 6 rings (SSSR count). The zero-order valence-electron chi connectivity index (χ0n) is 30.5. The summed E-state index contributed by atoms with van der Waals surface area (Å²) in [7, 11) is 0. The van der Waals surface area contributed by atoms with E-state index in [1.54, 1.807) is 0 Å². The number of halogens is 2. The number of benzene rings is 4. The Bertz CT molecular complexity index is 2060. The molecule has 0 aromatic heterocycles. The summed E-state index contributed by atoms with van der Waals surface area (Å²) in [5.74, 6) is 0.292. The van der Waals surface area contributed by atoms with Crippen molar-refractivity contribution in [2.24, 2.45) is 11.3 Å². The molecule has 1 unspecified atom stereocenters. The van der Waals surface area contributed by atoms with E-state index >= 15 is 0 Å². The third-order valence-corrected chi connectivity index (χ3v) is 9.70. The van der Waals surface area contributed by atoms with E-state index in [4.69, 9.17) is 0 Å². The van der Waals surface area contributed by atoms with Crippen LogP contribution in [-0.2, 0) is 37.0 Å². The van der Waals surface area contributed by atoms with Crippen molar-refractivity contribution in [2.45, 2.75) is 87.0 Å². The molecule has 3 heteroatoms. The largest absolute Gasteiger partial charge is 3.00 e. The molecule has 48 heavy (non-hydrogen) atoms. The quantitative estimate of drug-likeness (QED) is 0.243. The predicted molar refractivity (Wildman–Crippen MR) is 194 cm³/mol. The molecule has 0 aliphatic heterocycles. The van der Waals surface area contributed by atoms with Crippen molar-refractivity contribution < 1.29 is 51.0 Å². The van der Waals surface area contributed by atoms with Gasteiger partial charge in [-0.15, -0.1) is 33.4 Å². The fourth-order valence-corrected chi connectivity index (χ4v) is 7.46. The van der Waals surface area contributed by atoms with Crippen molar-refractivity contribution in [3.63, 3.8) is 0 Å². The summed E-state index contributed by atoms with van der Waals surface area (Å²) in [4.78, 5) is 0. The summed E-state index contributed by atoms with van der Waals surface area (Å²) in [5.41, 5.74) is 13.5. The van der Waals surface area contributed by atoms with Crippen LogP contribution in [0.1, 0.15) is 110 Å². The summed E-state index contributed by atoms with van der Waals surface area (Å²) in [6.45, 7) is 25.9. The van der Waals surface area contributed by atoms with Crippen molar-refractivity contribution in [3.05, 3.63) is 156 Å². The van der Waals surface area contributed by atoms with Gasteiger partial charge in [0.05, 0.1) is 0 Å². The van der Waals surface area contributed by atoms with Gasteiger partial charge in [0.15, 0.2) is 0 Å². The van der Waals surface area contributed by atoms with Crippen molar-refractivity contribution in [1.29, 1.82) is 0 Å². The molecular weight excluding hydrogens is 703 g/mol. The van der Waals surface area contributed by atoms with Crippen LogP contribution in [0.25, 0.3) is 17.2 Å². The Kier molecular flexibility index (Phi) is 12.0. The maximum atomic E-state index is 4.00. The Morgan fingerprint density at radius 1 is 0.646 bits per heavy atom. The van der Waals surface area contributed by atoms with Crippen molar-refractivity contribution in [3.8, 4) is 0 Å². The molecule has 4 aromatic rings. The second kappa shape index (κ2) is 14.4. The average molecular weight is 752 g/mol. The molecule has 0 heterocycles. The molecule has 0 saturated heterocycles. The fraction of sp³-hybridized carbons (Fsp3) is 0.333. The van der Waals surface area contributed by atoms with Crippen LogP contribution in [0.2, 0.25) is 0 Å². The maximum absolute atomic E-state index is 4.00. The van der Waals surface area contributed by atoms with Crippen molar-refractivity contribution >= 4 is 17.2 Å². The first-order valence-electron chi connectivity index (χ1n) is 16.6. The van der Waals surface area contributed by atoms with Gasteiger partial charge in [0.2, 0.25) is 0 Å². The average Bonchev–Trinajstić information content (AvgIpc) is 3.49. The summed E-state index contributed by atoms with van der Waals surface area (Å²) in [6, 6.07) is 31.6. The van der Waals surface area contributed by atoms with Crippen LogP contribution >= 0.6 is 0 Å². The monoisotopic (exact) mass is 749 g/mol. The summed E-state index contributed by atoms with van der Waals surface area (Å²) >= 11 is 0. The van der Waals surface area contributed by atoms with Crippen LogP contribution in [0.15, 0.2) is 102 Å². The first-order valence-corrected chi connectivity index (χ1v) is 16.6. The van der Waals surface area contributed by atoms with Gasteiger partial charge in [-0.2, -0.15) is 0 Å². The van der Waals surface area contributed by atoms with Gasteiger partial charge < -0.3 is 24.8 Å². The smallest absolute Gasteiger partial charge is 1.00 e. The van der Waals surface area contributed by atoms with Gasteiger partial charge in [-0.3, -0.25) is 0 Å². The van der Waals surface area contributed by atoms with E-state index in [-0.39, 0.29) is 67.3 Å². The molecule has 2 aliphatic carbocycles. The topological polar surface area (TPSA) is 0 Å². The van der Waals surface area contributed by atoms with Gasteiger partial charge in [-0.25, -0.2) is 0 Å². The van der Waals surface area contributed by atoms with Gasteiger partial charge >= 0.3 is 26.2 Å². The van der Waals surface area contributed by atoms with Crippen LogP contribution in [-0.4, -0.2) is 0 Å². The van der Waals surface area contributed by atoms with E-state index < -0.39 is 0 Å². The zero-order chi connectivity index (χ0) is 32.5. The third kappa shape index (κ3) is 7.22. The van der Waals surface area contributed by atoms with E-state index in [9.17, 15) is 0 Å². The van der Waals surface area contributed by atoms with Gasteiger partial charge in [-0.1, -0.05) is 176 Å². The van der Waals surface area contributed by atoms with Crippen molar-refractivity contribution in [2.75, 3.05) is 0 Å². The molecule has 2 aliphatic rings. The van der Waals surface area contributed by atoms with Crippen LogP contribution in [0, 0.1) is 21.8 Å². The molecule has 1 radical (unpaired) electrons. The summed E-state index contributed by atoms with van der Waals surface area (Å²) in [6.07, 6.45) is 6.53. The number of rotatable bonds is 3. The Morgan fingerprint density at radius 3 is 1.65 bits per heavy atom. The molecule has 4 aromatic carbocycles. The molecule has 1 atom stereocenters. The van der Waals surface area contributed by atoms with E-state index in [1.165, 1.54) is 76.5 Å². The summed E-state index contributed by atoms with van der Waals surface area (Å²) in [5, 5.41) is 5.17. The molecule has 0 fully saturated rings. The zero-order valence-corrected chi connectivity index (χ0v) is 34.5. The third-order valence-electron chi connectivity index (χ3n) is 9.70. The Balaban J connectivity index is 0.00000208. The van der Waals surface area contributed by atoms with E-state index in [2.05, 4.69) is 173 Å². The molecule has 0 spiro atoms. The molecular formula is C45H49Cl2Zr. The molecule has 0 N–H and O–H groups in total. The summed E-state index contributed by atoms with van der Waals surface area (Å²) < 4.78 is 0. The SMILES string of the molecule is CC1=C(c2c3c(cc(C(C)(C)C)c2=C(c2ccccc2)c2ccccc2)=c2cc(C(C)(C)C)ccc2=[C-]3)C(C)C=C1C(C)(C)C.[Cl-].[Cl-].[Zr+3]. The second-order valence-electron chi connectivity index (χ2n) is 16.2. The van der Waals surface area contributed by atoms with Crippen LogP contribution in [0.4, 0.5) is 0 Å². The van der Waals surface area contributed by atoms with Crippen LogP contribution < -0.4 is 35.3 Å². The minimum atomic E-state index is -0.102. The molecule has 0 bridgehead atoms. The fourth-order valence-electron chi connectivity index (χ4n) is 7.46. The normalized spacial score (nSPS) is 15.3. The molecule has 0 nitrogen and oxygen atoms in total. The number of hydrogen-bond donors (Lipinski definition) is 0. The first-order chi connectivity index (χ1) is 21.1. The minimum Gasteiger partial charge on any atom is -1.00 e. The van der Waals surface area contributed by atoms with Crippen molar-refractivity contribution in [1.82, 2.24) is 0 Å². The molecule has 0 saturated carbocycles. The van der Waals surface area contributed by atoms with E-state index in [1.807, 2.05) is 0 Å². The predicted octanol–water partition coefficient (Wildman–Crippen LogP) is 4.24. The maximum Gasteiger partial charge on any atom is 3.00 e. The standard InChI is InChI=1S/C45H49.2ClH.Zr/c1-28-24-37(44(6,7)8)29(2)39(28)41-36-25-32-22-23-33(43(3,4)5)26-34(32)35(36)27-38(45(9,10)11)42(41)40(30-18-14-12-15-19-30)31-20-16-13-17-21-31;;;/h12-24,26-28H,1-11H3;2*1H;/q-1;;;+3/p-2. The molecule has 247 valence electrons.